The van der Waals surface area contributed by atoms with Crippen LogP contribution in [0.2, 0.25) is 0 Å². The molecule has 1 amide bonds. The van der Waals surface area contributed by atoms with Gasteiger partial charge in [0.1, 0.15) is 0 Å². The Hall–Kier alpha value is -0.610. The van der Waals surface area contributed by atoms with E-state index in [4.69, 9.17) is 5.73 Å². The monoisotopic (exact) mass is 269 g/mol. The predicted octanol–water partition coefficient (Wildman–Crippen LogP) is 1.60. The van der Waals surface area contributed by atoms with Crippen LogP contribution in [0.4, 0.5) is 0 Å². The molecule has 1 aliphatic heterocycles. The van der Waals surface area contributed by atoms with E-state index in [0.29, 0.717) is 6.04 Å². The standard InChI is InChI=1S/C15H31N3O/c1-6-17-15(5,14(16)19)8-13(4)18-9-11(2)7-12(3)10-18/h11-13,17H,6-10H2,1-5H3,(H2,16,19). The van der Waals surface area contributed by atoms with Crippen molar-refractivity contribution in [2.75, 3.05) is 19.6 Å². The van der Waals surface area contributed by atoms with E-state index in [-0.39, 0.29) is 5.91 Å². The van der Waals surface area contributed by atoms with Crippen molar-refractivity contribution in [2.24, 2.45) is 17.6 Å². The topological polar surface area (TPSA) is 58.4 Å². The molecule has 0 aromatic rings. The Morgan fingerprint density at radius 1 is 1.42 bits per heavy atom. The zero-order valence-electron chi connectivity index (χ0n) is 13.2. The summed E-state index contributed by atoms with van der Waals surface area (Å²) in [5.74, 6) is 1.23. The Balaban J connectivity index is 2.66. The molecule has 3 N–H and O–H groups in total. The van der Waals surface area contributed by atoms with E-state index in [0.717, 1.165) is 37.9 Å². The highest BCUT2D eigenvalue weighted by atomic mass is 16.1. The lowest BCUT2D eigenvalue weighted by atomic mass is 9.87. The van der Waals surface area contributed by atoms with Crippen LogP contribution in [-0.4, -0.2) is 42.0 Å². The van der Waals surface area contributed by atoms with E-state index in [1.54, 1.807) is 0 Å². The number of carbonyl (C=O) groups is 1. The maximum absolute atomic E-state index is 11.7. The molecule has 0 radical (unpaired) electrons. The highest BCUT2D eigenvalue weighted by Crippen LogP contribution is 2.25. The summed E-state index contributed by atoms with van der Waals surface area (Å²) in [4.78, 5) is 14.2. The lowest BCUT2D eigenvalue weighted by molar-refractivity contribution is -0.124. The van der Waals surface area contributed by atoms with E-state index < -0.39 is 5.54 Å². The minimum atomic E-state index is -0.599. The second kappa shape index (κ2) is 6.71. The van der Waals surface area contributed by atoms with Crippen LogP contribution in [0.1, 0.15) is 47.5 Å². The van der Waals surface area contributed by atoms with E-state index in [9.17, 15) is 4.79 Å². The van der Waals surface area contributed by atoms with Crippen LogP contribution in [0.15, 0.2) is 0 Å². The first-order chi connectivity index (χ1) is 8.78. The van der Waals surface area contributed by atoms with Crippen molar-refractivity contribution in [3.8, 4) is 0 Å². The number of likely N-dealkylation sites (N-methyl/N-ethyl adjacent to an activating group) is 1. The lowest BCUT2D eigenvalue weighted by Crippen LogP contribution is -2.57. The Morgan fingerprint density at radius 2 is 1.95 bits per heavy atom. The first kappa shape index (κ1) is 16.4. The number of nitrogens with zero attached hydrogens (tertiary/aromatic N) is 1. The van der Waals surface area contributed by atoms with Crippen molar-refractivity contribution in [3.63, 3.8) is 0 Å². The first-order valence-corrected chi connectivity index (χ1v) is 7.57. The Labute approximate surface area is 118 Å². The van der Waals surface area contributed by atoms with Gasteiger partial charge in [-0.2, -0.15) is 0 Å². The second-order valence-electron chi connectivity index (χ2n) is 6.68. The van der Waals surface area contributed by atoms with Gasteiger partial charge in [-0.25, -0.2) is 0 Å². The van der Waals surface area contributed by atoms with Gasteiger partial charge in [0.15, 0.2) is 0 Å². The second-order valence-corrected chi connectivity index (χ2v) is 6.68. The molecule has 0 spiro atoms. The molecule has 1 fully saturated rings. The quantitative estimate of drug-likeness (QED) is 0.770. The van der Waals surface area contributed by atoms with Crippen LogP contribution in [0, 0.1) is 11.8 Å². The number of nitrogens with two attached hydrogens (primary N) is 1. The van der Waals surface area contributed by atoms with Gasteiger partial charge in [0.25, 0.3) is 0 Å². The SMILES string of the molecule is CCNC(C)(CC(C)N1CC(C)CC(C)C1)C(N)=O. The molecule has 0 aromatic heterocycles. The number of hydrogen-bond acceptors (Lipinski definition) is 3. The van der Waals surface area contributed by atoms with Crippen molar-refractivity contribution in [1.29, 1.82) is 0 Å². The first-order valence-electron chi connectivity index (χ1n) is 7.57. The summed E-state index contributed by atoms with van der Waals surface area (Å²) in [6.45, 7) is 13.8. The van der Waals surface area contributed by atoms with Crippen molar-refractivity contribution in [1.82, 2.24) is 10.2 Å². The average molecular weight is 269 g/mol. The fourth-order valence-corrected chi connectivity index (χ4v) is 3.44. The molecule has 112 valence electrons. The normalized spacial score (nSPS) is 29.7. The zero-order valence-corrected chi connectivity index (χ0v) is 13.2. The molecule has 4 unspecified atom stereocenters. The molecule has 1 saturated heterocycles. The molecular formula is C15H31N3O. The largest absolute Gasteiger partial charge is 0.368 e. The zero-order chi connectivity index (χ0) is 14.6. The third kappa shape index (κ3) is 4.46. The van der Waals surface area contributed by atoms with Gasteiger partial charge >= 0.3 is 0 Å². The molecular weight excluding hydrogens is 238 g/mol. The van der Waals surface area contributed by atoms with E-state index >= 15 is 0 Å². The molecule has 4 atom stereocenters. The third-order valence-electron chi connectivity index (χ3n) is 4.33. The van der Waals surface area contributed by atoms with E-state index in [2.05, 4.69) is 31.0 Å². The molecule has 0 saturated carbocycles. The summed E-state index contributed by atoms with van der Waals surface area (Å²) < 4.78 is 0. The van der Waals surface area contributed by atoms with Crippen LogP contribution in [-0.2, 0) is 4.79 Å². The van der Waals surface area contributed by atoms with E-state index in [1.807, 2.05) is 13.8 Å². The summed E-state index contributed by atoms with van der Waals surface area (Å²) in [7, 11) is 0. The van der Waals surface area contributed by atoms with Gasteiger partial charge in [-0.3, -0.25) is 4.79 Å². The highest BCUT2D eigenvalue weighted by molar-refractivity contribution is 5.84. The number of rotatable bonds is 6. The number of amides is 1. The number of primary amides is 1. The summed E-state index contributed by atoms with van der Waals surface area (Å²) in [6.07, 6.45) is 2.08. The van der Waals surface area contributed by atoms with Crippen LogP contribution in [0.3, 0.4) is 0 Å². The highest BCUT2D eigenvalue weighted by Gasteiger charge is 2.35. The number of carbonyl (C=O) groups excluding carboxylic acids is 1. The molecule has 4 nitrogen and oxygen atoms in total. The molecule has 19 heavy (non-hydrogen) atoms. The predicted molar refractivity (Wildman–Crippen MR) is 79.9 cm³/mol. The summed E-state index contributed by atoms with van der Waals surface area (Å²) >= 11 is 0. The van der Waals surface area contributed by atoms with Gasteiger partial charge < -0.3 is 16.0 Å². The van der Waals surface area contributed by atoms with Gasteiger partial charge in [0, 0.05) is 19.1 Å². The number of nitrogens with one attached hydrogen (secondary N) is 1. The van der Waals surface area contributed by atoms with Crippen molar-refractivity contribution >= 4 is 5.91 Å². The van der Waals surface area contributed by atoms with Crippen molar-refractivity contribution in [2.45, 2.75) is 59.0 Å². The van der Waals surface area contributed by atoms with Gasteiger partial charge in [-0.05, 0) is 45.1 Å². The van der Waals surface area contributed by atoms with Gasteiger partial charge in [0.2, 0.25) is 5.91 Å². The van der Waals surface area contributed by atoms with Crippen molar-refractivity contribution < 1.29 is 4.79 Å². The summed E-state index contributed by atoms with van der Waals surface area (Å²) in [5.41, 5.74) is 4.97. The maximum atomic E-state index is 11.7. The van der Waals surface area contributed by atoms with Crippen molar-refractivity contribution in [3.05, 3.63) is 0 Å². The van der Waals surface area contributed by atoms with Crippen LogP contribution in [0.25, 0.3) is 0 Å². The Morgan fingerprint density at radius 3 is 2.37 bits per heavy atom. The summed E-state index contributed by atoms with van der Waals surface area (Å²) in [6, 6.07) is 0.377. The lowest BCUT2D eigenvalue weighted by Gasteiger charge is -2.41. The molecule has 1 rings (SSSR count). The molecule has 0 bridgehead atoms. The molecule has 0 aromatic carbocycles. The Kier molecular flexibility index (Phi) is 5.81. The van der Waals surface area contributed by atoms with Crippen LogP contribution < -0.4 is 11.1 Å². The fourth-order valence-electron chi connectivity index (χ4n) is 3.44. The molecule has 1 heterocycles. The van der Waals surface area contributed by atoms with Gasteiger partial charge in [-0.15, -0.1) is 0 Å². The number of hydrogen-bond donors (Lipinski definition) is 2. The fraction of sp³-hybridized carbons (Fsp3) is 0.933. The molecule has 4 heteroatoms. The smallest absolute Gasteiger partial charge is 0.237 e. The maximum Gasteiger partial charge on any atom is 0.237 e. The third-order valence-corrected chi connectivity index (χ3v) is 4.33. The summed E-state index contributed by atoms with van der Waals surface area (Å²) in [5, 5.41) is 3.25. The van der Waals surface area contributed by atoms with Crippen LogP contribution in [0.5, 0.6) is 0 Å². The van der Waals surface area contributed by atoms with Gasteiger partial charge in [0.05, 0.1) is 5.54 Å². The molecule has 1 aliphatic rings. The van der Waals surface area contributed by atoms with Crippen LogP contribution >= 0.6 is 0 Å². The number of likely N-dealkylation sites (tertiary alicyclic amines) is 1. The van der Waals surface area contributed by atoms with E-state index in [1.165, 1.54) is 6.42 Å². The number of piperidine rings is 1. The minimum absolute atomic E-state index is 0.251. The Bertz CT molecular complexity index is 298. The average Bonchev–Trinajstić information content (AvgIpc) is 2.27. The van der Waals surface area contributed by atoms with Gasteiger partial charge in [-0.1, -0.05) is 20.8 Å². The minimum Gasteiger partial charge on any atom is -0.368 e. The molecule has 0 aliphatic carbocycles.